The smallest absolute Gasteiger partial charge is 0.261 e. The minimum atomic E-state index is -2.91. The van der Waals surface area contributed by atoms with Crippen LogP contribution in [-0.4, -0.2) is 61.6 Å². The minimum Gasteiger partial charge on any atom is -0.405 e. The zero-order chi connectivity index (χ0) is 24.9. The number of ether oxygens (including phenoxy) is 1. The molecule has 1 amide bonds. The molecule has 3 rings (SSSR count). The van der Waals surface area contributed by atoms with Crippen LogP contribution in [0, 0.1) is 0 Å². The van der Waals surface area contributed by atoms with Crippen molar-refractivity contribution in [1.82, 2.24) is 5.32 Å². The van der Waals surface area contributed by atoms with Crippen LogP contribution in [0.4, 0.5) is 0 Å². The van der Waals surface area contributed by atoms with Crippen LogP contribution in [0.15, 0.2) is 65.8 Å². The molecule has 10 heteroatoms. The lowest BCUT2D eigenvalue weighted by Crippen LogP contribution is -2.69. The summed E-state index contributed by atoms with van der Waals surface area (Å²) < 4.78 is 12.6. The Hall–Kier alpha value is -2.72. The van der Waals surface area contributed by atoms with Crippen LogP contribution in [-0.2, 0) is 14.0 Å². The van der Waals surface area contributed by atoms with Crippen LogP contribution in [0.2, 0.25) is 5.04 Å². The van der Waals surface area contributed by atoms with E-state index in [1.54, 1.807) is 0 Å². The number of nitrogens with one attached hydrogen (secondary N) is 1. The van der Waals surface area contributed by atoms with Gasteiger partial charge < -0.3 is 24.7 Å². The highest BCUT2D eigenvalue weighted by molar-refractivity contribution is 6.99. The highest BCUT2D eigenvalue weighted by Gasteiger charge is 2.52. The topological polar surface area (TPSA) is 137 Å². The summed E-state index contributed by atoms with van der Waals surface area (Å²) in [7, 11) is -2.91. The molecule has 0 aromatic heterocycles. The van der Waals surface area contributed by atoms with Crippen molar-refractivity contribution >= 4 is 24.6 Å². The lowest BCUT2D eigenvalue weighted by Gasteiger charge is -2.46. The van der Waals surface area contributed by atoms with Crippen molar-refractivity contribution in [2.24, 2.45) is 5.11 Å². The fraction of sp³-hybridized carbons (Fsp3) is 0.458. The average Bonchev–Trinajstić information content (AvgIpc) is 2.80. The predicted octanol–water partition coefficient (Wildman–Crippen LogP) is 1.82. The standard InChI is InChI=1S/C24H32N4O5Si/c1-16(29)26-20-22(31)21(30)19(33-23(20)27-28-25)15-32-34(24(2,3)4,17-11-7-5-8-12-17)18-13-9-6-10-14-18/h5-14,19-23,30-31H,15H2,1-4H3,(H,26,29)/t19-,20-,21-,22-,23-/m1/s1. The monoisotopic (exact) mass is 484 g/mol. The van der Waals surface area contributed by atoms with Crippen LogP contribution in [0.3, 0.4) is 0 Å². The molecule has 1 saturated heterocycles. The Balaban J connectivity index is 1.98. The van der Waals surface area contributed by atoms with Crippen molar-refractivity contribution < 1.29 is 24.2 Å². The summed E-state index contributed by atoms with van der Waals surface area (Å²) in [5.41, 5.74) is 8.97. The molecular formula is C24H32N4O5Si. The summed E-state index contributed by atoms with van der Waals surface area (Å²) in [6.45, 7) is 7.60. The van der Waals surface area contributed by atoms with Crippen LogP contribution in [0.1, 0.15) is 27.7 Å². The van der Waals surface area contributed by atoms with Crippen LogP contribution >= 0.6 is 0 Å². The maximum absolute atomic E-state index is 11.6. The summed E-state index contributed by atoms with van der Waals surface area (Å²) in [5.74, 6) is -0.444. The van der Waals surface area contributed by atoms with Gasteiger partial charge in [0.25, 0.3) is 8.32 Å². The van der Waals surface area contributed by atoms with E-state index < -0.39 is 44.8 Å². The first-order chi connectivity index (χ1) is 16.1. The van der Waals surface area contributed by atoms with Gasteiger partial charge in [-0.25, -0.2) is 0 Å². The van der Waals surface area contributed by atoms with Gasteiger partial charge in [-0.3, -0.25) is 4.79 Å². The third-order valence-electron chi connectivity index (χ3n) is 6.14. The average molecular weight is 485 g/mol. The minimum absolute atomic E-state index is 0.0459. The normalized spacial score (nSPS) is 25.3. The van der Waals surface area contributed by atoms with Crippen molar-refractivity contribution in [1.29, 1.82) is 0 Å². The molecular weight excluding hydrogens is 452 g/mol. The van der Waals surface area contributed by atoms with E-state index in [9.17, 15) is 15.0 Å². The van der Waals surface area contributed by atoms with E-state index in [0.717, 1.165) is 10.4 Å². The SMILES string of the molecule is CC(=O)N[C@@H]1[C@@H](O)[C@H](O)[C@@H](CO[Si](c2ccccc2)(c2ccccc2)C(C)(C)C)O[C@H]1N=[N+]=[N-]. The second-order valence-electron chi connectivity index (χ2n) is 9.45. The number of azide groups is 1. The van der Waals surface area contributed by atoms with Crippen LogP contribution < -0.4 is 15.7 Å². The van der Waals surface area contributed by atoms with Gasteiger partial charge in [0.05, 0.1) is 12.6 Å². The molecule has 3 N–H and O–H groups in total. The molecule has 9 nitrogen and oxygen atoms in total. The molecule has 0 spiro atoms. The molecule has 0 radical (unpaired) electrons. The molecule has 0 saturated carbocycles. The van der Waals surface area contributed by atoms with Gasteiger partial charge in [0.15, 0.2) is 6.23 Å². The van der Waals surface area contributed by atoms with Gasteiger partial charge in [0.1, 0.15) is 18.3 Å². The van der Waals surface area contributed by atoms with Gasteiger partial charge in [0.2, 0.25) is 5.91 Å². The Kier molecular flexibility index (Phi) is 8.14. The van der Waals surface area contributed by atoms with Gasteiger partial charge in [-0.2, -0.15) is 0 Å². The highest BCUT2D eigenvalue weighted by atomic mass is 28.4. The number of hydrogen-bond donors (Lipinski definition) is 3. The number of aliphatic hydroxyl groups is 2. The molecule has 0 bridgehead atoms. The number of nitrogens with zero attached hydrogens (tertiary/aromatic N) is 3. The number of hydrogen-bond acceptors (Lipinski definition) is 6. The third kappa shape index (κ3) is 5.17. The molecule has 1 aliphatic rings. The van der Waals surface area contributed by atoms with Crippen molar-refractivity contribution in [3.8, 4) is 0 Å². The second kappa shape index (κ2) is 10.7. The Morgan fingerprint density at radius 2 is 1.62 bits per heavy atom. The number of amides is 1. The van der Waals surface area contributed by atoms with Gasteiger partial charge >= 0.3 is 0 Å². The molecule has 5 atom stereocenters. The van der Waals surface area contributed by atoms with E-state index in [1.807, 2.05) is 60.7 Å². The lowest BCUT2D eigenvalue weighted by atomic mass is 9.96. The third-order valence-corrected chi connectivity index (χ3v) is 11.1. The summed E-state index contributed by atoms with van der Waals surface area (Å²) in [6.07, 6.45) is -4.93. The Morgan fingerprint density at radius 3 is 2.06 bits per heavy atom. The highest BCUT2D eigenvalue weighted by Crippen LogP contribution is 2.37. The van der Waals surface area contributed by atoms with E-state index in [2.05, 4.69) is 36.1 Å². The van der Waals surface area contributed by atoms with Crippen LogP contribution in [0.5, 0.6) is 0 Å². The molecule has 182 valence electrons. The second-order valence-corrected chi connectivity index (χ2v) is 13.8. The quantitative estimate of drug-likeness (QED) is 0.238. The summed E-state index contributed by atoms with van der Waals surface area (Å²) in [5, 5.41) is 29.4. The fourth-order valence-corrected chi connectivity index (χ4v) is 9.16. The molecule has 2 aromatic carbocycles. The molecule has 34 heavy (non-hydrogen) atoms. The van der Waals surface area contributed by atoms with E-state index in [4.69, 9.17) is 14.7 Å². The molecule has 1 heterocycles. The summed E-state index contributed by atoms with van der Waals surface area (Å²) >= 11 is 0. The zero-order valence-corrected chi connectivity index (χ0v) is 20.8. The van der Waals surface area contributed by atoms with Crippen molar-refractivity contribution in [2.75, 3.05) is 6.61 Å². The van der Waals surface area contributed by atoms with Gasteiger partial charge in [-0.15, -0.1) is 0 Å². The molecule has 0 aliphatic carbocycles. The molecule has 1 fully saturated rings. The predicted molar refractivity (Wildman–Crippen MR) is 131 cm³/mol. The first-order valence-corrected chi connectivity index (χ1v) is 13.1. The maximum atomic E-state index is 11.6. The maximum Gasteiger partial charge on any atom is 0.261 e. The van der Waals surface area contributed by atoms with Crippen molar-refractivity contribution in [3.63, 3.8) is 0 Å². The van der Waals surface area contributed by atoms with E-state index in [0.29, 0.717) is 0 Å². The number of carbonyl (C=O) groups is 1. The van der Waals surface area contributed by atoms with E-state index in [1.165, 1.54) is 6.92 Å². The van der Waals surface area contributed by atoms with E-state index in [-0.39, 0.29) is 11.6 Å². The lowest BCUT2D eigenvalue weighted by molar-refractivity contribution is -0.191. The molecule has 2 aromatic rings. The first-order valence-electron chi connectivity index (χ1n) is 11.2. The number of aliphatic hydroxyl groups excluding tert-OH is 2. The Bertz CT molecular complexity index is 972. The number of benzene rings is 2. The first kappa shape index (κ1) is 25.9. The van der Waals surface area contributed by atoms with Crippen molar-refractivity contribution in [2.45, 2.75) is 63.3 Å². The van der Waals surface area contributed by atoms with Crippen LogP contribution in [0.25, 0.3) is 10.4 Å². The summed E-state index contributed by atoms with van der Waals surface area (Å²) in [6, 6.07) is 18.9. The zero-order valence-electron chi connectivity index (χ0n) is 19.8. The number of carbonyl (C=O) groups excluding carboxylic acids is 1. The van der Waals surface area contributed by atoms with E-state index >= 15 is 0 Å². The summed E-state index contributed by atoms with van der Waals surface area (Å²) in [4.78, 5) is 14.3. The largest absolute Gasteiger partial charge is 0.405 e. The van der Waals surface area contributed by atoms with Gasteiger partial charge in [-0.1, -0.05) is 86.5 Å². The molecule has 1 aliphatic heterocycles. The number of rotatable bonds is 7. The Labute approximate surface area is 200 Å². The van der Waals surface area contributed by atoms with Gasteiger partial charge in [0, 0.05) is 11.8 Å². The van der Waals surface area contributed by atoms with Crippen molar-refractivity contribution in [3.05, 3.63) is 71.1 Å². The fourth-order valence-electron chi connectivity index (χ4n) is 4.59. The molecule has 0 unspecified atom stereocenters. The van der Waals surface area contributed by atoms with Gasteiger partial charge in [-0.05, 0) is 20.9 Å². The Morgan fingerprint density at radius 1 is 1.09 bits per heavy atom.